The molecule has 6 heteroatoms. The Kier molecular flexibility index (Phi) is 4.35. The van der Waals surface area contributed by atoms with Crippen LogP contribution < -0.4 is 0 Å². The summed E-state index contributed by atoms with van der Waals surface area (Å²) in [5.74, 6) is -0.481. The molecule has 1 heterocycles. The molecule has 0 atom stereocenters. The summed E-state index contributed by atoms with van der Waals surface area (Å²) in [4.78, 5) is 12.1. The molecule has 0 saturated carbocycles. The minimum absolute atomic E-state index is 0.0897. The summed E-state index contributed by atoms with van der Waals surface area (Å²) in [5, 5.41) is 0. The molecule has 1 aromatic heterocycles. The van der Waals surface area contributed by atoms with E-state index in [2.05, 4.69) is 0 Å². The molecule has 0 radical (unpaired) electrons. The van der Waals surface area contributed by atoms with E-state index in [0.29, 0.717) is 9.75 Å². The van der Waals surface area contributed by atoms with Gasteiger partial charge in [0, 0.05) is 11.3 Å². The zero-order valence-electron chi connectivity index (χ0n) is 8.63. The molecular weight excluding hydrogens is 241 g/mol. The quantitative estimate of drug-likeness (QED) is 0.767. The fourth-order valence-electron chi connectivity index (χ4n) is 1.09. The molecule has 2 nitrogen and oxygen atoms in total. The molecule has 16 heavy (non-hydrogen) atoms. The SMILES string of the molecule is CCOC(=O)c1ccc(CCC(F)(F)F)s1. The number of halogens is 3. The van der Waals surface area contributed by atoms with Crippen LogP contribution in [0.25, 0.3) is 0 Å². The Balaban J connectivity index is 2.55. The van der Waals surface area contributed by atoms with Crippen LogP contribution in [0.4, 0.5) is 13.2 Å². The van der Waals surface area contributed by atoms with Crippen molar-refractivity contribution in [3.63, 3.8) is 0 Å². The summed E-state index contributed by atoms with van der Waals surface area (Å²) in [6, 6.07) is 3.02. The average Bonchev–Trinajstić information content (AvgIpc) is 2.62. The number of aryl methyl sites for hydroxylation is 1. The lowest BCUT2D eigenvalue weighted by molar-refractivity contribution is -0.133. The van der Waals surface area contributed by atoms with E-state index in [0.717, 1.165) is 11.3 Å². The van der Waals surface area contributed by atoms with E-state index >= 15 is 0 Å². The fraction of sp³-hybridized carbons (Fsp3) is 0.500. The highest BCUT2D eigenvalue weighted by Gasteiger charge is 2.26. The number of esters is 1. The maximum Gasteiger partial charge on any atom is 0.389 e. The Labute approximate surface area is 95.0 Å². The van der Waals surface area contributed by atoms with E-state index in [-0.39, 0.29) is 13.0 Å². The van der Waals surface area contributed by atoms with Crippen molar-refractivity contribution < 1.29 is 22.7 Å². The van der Waals surface area contributed by atoms with Crippen LogP contribution in [0, 0.1) is 0 Å². The number of alkyl halides is 3. The molecule has 0 unspecified atom stereocenters. The molecular formula is C10H11F3O2S. The Morgan fingerprint density at radius 2 is 2.12 bits per heavy atom. The molecule has 1 rings (SSSR count). The number of thiophene rings is 1. The van der Waals surface area contributed by atoms with Crippen molar-refractivity contribution in [3.05, 3.63) is 21.9 Å². The first-order valence-electron chi connectivity index (χ1n) is 4.75. The minimum atomic E-state index is -4.16. The second kappa shape index (κ2) is 5.34. The summed E-state index contributed by atoms with van der Waals surface area (Å²) in [6.07, 6.45) is -5.11. The molecule has 0 aromatic carbocycles. The zero-order valence-corrected chi connectivity index (χ0v) is 9.45. The smallest absolute Gasteiger partial charge is 0.389 e. The first-order chi connectivity index (χ1) is 7.42. The topological polar surface area (TPSA) is 26.3 Å². The summed E-state index contributed by atoms with van der Waals surface area (Å²) in [6.45, 7) is 1.94. The van der Waals surface area contributed by atoms with Gasteiger partial charge in [0.05, 0.1) is 6.61 Å². The van der Waals surface area contributed by atoms with Crippen LogP contribution in [-0.2, 0) is 11.2 Å². The highest BCUT2D eigenvalue weighted by molar-refractivity contribution is 7.13. The Bertz CT molecular complexity index is 357. The van der Waals surface area contributed by atoms with Crippen molar-refractivity contribution >= 4 is 17.3 Å². The minimum Gasteiger partial charge on any atom is -0.462 e. The third-order valence-electron chi connectivity index (χ3n) is 1.79. The van der Waals surface area contributed by atoms with Crippen molar-refractivity contribution in [2.24, 2.45) is 0 Å². The number of hydrogen-bond donors (Lipinski definition) is 0. The van der Waals surface area contributed by atoms with Gasteiger partial charge in [0.2, 0.25) is 0 Å². The molecule has 90 valence electrons. The van der Waals surface area contributed by atoms with E-state index in [1.165, 1.54) is 12.1 Å². The molecule has 0 aliphatic heterocycles. The van der Waals surface area contributed by atoms with Gasteiger partial charge in [0.1, 0.15) is 4.88 Å². The lowest BCUT2D eigenvalue weighted by Gasteiger charge is -2.03. The van der Waals surface area contributed by atoms with Crippen molar-refractivity contribution in [1.82, 2.24) is 0 Å². The average molecular weight is 252 g/mol. The van der Waals surface area contributed by atoms with Crippen molar-refractivity contribution in [2.75, 3.05) is 6.61 Å². The van der Waals surface area contributed by atoms with Gasteiger partial charge in [0.25, 0.3) is 0 Å². The van der Waals surface area contributed by atoms with Gasteiger partial charge < -0.3 is 4.74 Å². The number of hydrogen-bond acceptors (Lipinski definition) is 3. The van der Waals surface area contributed by atoms with Crippen molar-refractivity contribution in [2.45, 2.75) is 25.9 Å². The maximum atomic E-state index is 11.9. The van der Waals surface area contributed by atoms with Crippen LogP contribution in [0.1, 0.15) is 27.9 Å². The largest absolute Gasteiger partial charge is 0.462 e. The highest BCUT2D eigenvalue weighted by atomic mass is 32.1. The van der Waals surface area contributed by atoms with Crippen LogP contribution in [0.3, 0.4) is 0 Å². The van der Waals surface area contributed by atoms with Gasteiger partial charge in [0.15, 0.2) is 0 Å². The van der Waals surface area contributed by atoms with E-state index < -0.39 is 18.6 Å². The highest BCUT2D eigenvalue weighted by Crippen LogP contribution is 2.25. The summed E-state index contributed by atoms with van der Waals surface area (Å²) in [5.41, 5.74) is 0. The van der Waals surface area contributed by atoms with Crippen molar-refractivity contribution in [1.29, 1.82) is 0 Å². The lowest BCUT2D eigenvalue weighted by Crippen LogP contribution is -2.07. The number of ether oxygens (including phenoxy) is 1. The Morgan fingerprint density at radius 1 is 1.44 bits per heavy atom. The molecule has 0 N–H and O–H groups in total. The molecule has 0 fully saturated rings. The molecule has 0 spiro atoms. The molecule has 0 aliphatic rings. The molecule has 1 aromatic rings. The van der Waals surface area contributed by atoms with Gasteiger partial charge in [-0.25, -0.2) is 4.79 Å². The molecule has 0 saturated heterocycles. The van der Waals surface area contributed by atoms with Gasteiger partial charge in [-0.05, 0) is 25.5 Å². The summed E-state index contributed by atoms with van der Waals surface area (Å²) >= 11 is 1.05. The number of rotatable bonds is 4. The standard InChI is InChI=1S/C10H11F3O2S/c1-2-15-9(14)8-4-3-7(16-8)5-6-10(11,12)13/h3-4H,2,5-6H2,1H3. The first kappa shape index (κ1) is 13.0. The van der Waals surface area contributed by atoms with E-state index in [1.54, 1.807) is 6.92 Å². The number of carbonyl (C=O) groups is 1. The second-order valence-electron chi connectivity index (χ2n) is 3.10. The second-order valence-corrected chi connectivity index (χ2v) is 4.27. The van der Waals surface area contributed by atoms with Gasteiger partial charge in [-0.15, -0.1) is 11.3 Å². The third-order valence-corrected chi connectivity index (χ3v) is 2.92. The lowest BCUT2D eigenvalue weighted by atomic mass is 10.2. The monoisotopic (exact) mass is 252 g/mol. The third kappa shape index (κ3) is 4.22. The van der Waals surface area contributed by atoms with Crippen LogP contribution in [-0.4, -0.2) is 18.8 Å². The fourth-order valence-corrected chi connectivity index (χ4v) is 1.99. The summed E-state index contributed by atoms with van der Waals surface area (Å²) < 4.78 is 40.6. The van der Waals surface area contributed by atoms with Crippen LogP contribution in [0.5, 0.6) is 0 Å². The number of carbonyl (C=O) groups excluding carboxylic acids is 1. The van der Waals surface area contributed by atoms with E-state index in [9.17, 15) is 18.0 Å². The van der Waals surface area contributed by atoms with E-state index in [4.69, 9.17) is 4.74 Å². The molecule has 0 amide bonds. The zero-order chi connectivity index (χ0) is 12.2. The first-order valence-corrected chi connectivity index (χ1v) is 5.56. The maximum absolute atomic E-state index is 11.9. The van der Waals surface area contributed by atoms with Gasteiger partial charge in [-0.2, -0.15) is 13.2 Å². The molecule has 0 bridgehead atoms. The van der Waals surface area contributed by atoms with Crippen LogP contribution in [0.15, 0.2) is 12.1 Å². The normalized spacial score (nSPS) is 11.5. The van der Waals surface area contributed by atoms with Gasteiger partial charge in [-0.1, -0.05) is 0 Å². The summed E-state index contributed by atoms with van der Waals surface area (Å²) in [7, 11) is 0. The van der Waals surface area contributed by atoms with E-state index in [1.807, 2.05) is 0 Å². The van der Waals surface area contributed by atoms with Crippen molar-refractivity contribution in [3.8, 4) is 0 Å². The van der Waals surface area contributed by atoms with Crippen LogP contribution in [0.2, 0.25) is 0 Å². The predicted molar refractivity (Wildman–Crippen MR) is 54.7 cm³/mol. The Morgan fingerprint density at radius 3 is 2.69 bits per heavy atom. The predicted octanol–water partition coefficient (Wildman–Crippen LogP) is 3.42. The Hall–Kier alpha value is -1.04. The van der Waals surface area contributed by atoms with Gasteiger partial charge >= 0.3 is 12.1 Å². The van der Waals surface area contributed by atoms with Gasteiger partial charge in [-0.3, -0.25) is 0 Å². The molecule has 0 aliphatic carbocycles. The van der Waals surface area contributed by atoms with Crippen LogP contribution >= 0.6 is 11.3 Å².